The van der Waals surface area contributed by atoms with Gasteiger partial charge in [0.1, 0.15) is 0 Å². The Labute approximate surface area is 86.2 Å². The van der Waals surface area contributed by atoms with Crippen LogP contribution < -0.4 is 0 Å². The van der Waals surface area contributed by atoms with E-state index < -0.39 is 16.5 Å². The first-order chi connectivity index (χ1) is 3.95. The molecule has 0 rings (SSSR count). The predicted octanol–water partition coefficient (Wildman–Crippen LogP) is 0.416. The van der Waals surface area contributed by atoms with Crippen LogP contribution in [0.5, 0.6) is 0 Å². The van der Waals surface area contributed by atoms with Gasteiger partial charge in [-0.05, 0) is 6.10 Å². The van der Waals surface area contributed by atoms with Crippen molar-refractivity contribution in [2.45, 2.75) is 19.4 Å². The van der Waals surface area contributed by atoms with Gasteiger partial charge in [0.05, 0.1) is 0 Å². The van der Waals surface area contributed by atoms with Gasteiger partial charge in [-0.2, -0.15) is 8.42 Å². The Morgan fingerprint density at radius 3 is 2.20 bits per heavy atom. The summed E-state index contributed by atoms with van der Waals surface area (Å²) in [5.74, 6) is 0. The summed E-state index contributed by atoms with van der Waals surface area (Å²) >= 11 is 0. The molecule has 0 aromatic carbocycles. The molecule has 4 nitrogen and oxygen atoms in total. The second-order valence-corrected chi connectivity index (χ2v) is 2.60. The van der Waals surface area contributed by atoms with Crippen LogP contribution in [0.1, 0.15) is 13.3 Å². The summed E-state index contributed by atoms with van der Waals surface area (Å²) in [7, 11) is -4.30. The second kappa shape index (κ2) is 5.60. The third kappa shape index (κ3) is 8.97. The SMILES string of the molecule is [CH2-]C(CC)OS(=O)(=O)O.[Y]. The zero-order valence-corrected chi connectivity index (χ0v) is 9.30. The van der Waals surface area contributed by atoms with Crippen molar-refractivity contribution in [1.29, 1.82) is 0 Å². The Balaban J connectivity index is 0. The predicted molar refractivity (Wildman–Crippen MR) is 32.1 cm³/mol. The minimum absolute atomic E-state index is 0. The Hall–Kier alpha value is 0.974. The molecule has 0 bridgehead atoms. The van der Waals surface area contributed by atoms with Gasteiger partial charge in [0, 0.05) is 32.7 Å². The Kier molecular flexibility index (Phi) is 7.59. The summed E-state index contributed by atoms with van der Waals surface area (Å²) < 4.78 is 31.8. The van der Waals surface area contributed by atoms with Gasteiger partial charge >= 0.3 is 10.4 Å². The molecule has 59 valence electrons. The van der Waals surface area contributed by atoms with Gasteiger partial charge in [-0.25, -0.2) is 0 Å². The van der Waals surface area contributed by atoms with Gasteiger partial charge in [-0.1, -0.05) is 13.3 Å². The van der Waals surface area contributed by atoms with E-state index in [0.29, 0.717) is 6.42 Å². The van der Waals surface area contributed by atoms with Crippen LogP contribution in [-0.2, 0) is 47.3 Å². The molecule has 1 radical (unpaired) electrons. The molecule has 0 aromatic rings. The Bertz CT molecular complexity index is 164. The summed E-state index contributed by atoms with van der Waals surface area (Å²) in [5.41, 5.74) is 0. The molecule has 0 saturated heterocycles. The molecule has 0 saturated carbocycles. The van der Waals surface area contributed by atoms with Crippen molar-refractivity contribution in [3.8, 4) is 0 Å². The first-order valence-electron chi connectivity index (χ1n) is 2.44. The molecule has 1 N–H and O–H groups in total. The van der Waals surface area contributed by atoms with E-state index in [0.717, 1.165) is 0 Å². The second-order valence-electron chi connectivity index (χ2n) is 1.55. The van der Waals surface area contributed by atoms with E-state index in [-0.39, 0.29) is 32.7 Å². The van der Waals surface area contributed by atoms with Crippen LogP contribution in [0, 0.1) is 6.92 Å². The van der Waals surface area contributed by atoms with Crippen molar-refractivity contribution in [2.75, 3.05) is 0 Å². The zero-order valence-electron chi connectivity index (χ0n) is 5.65. The molecule has 0 heterocycles. The average Bonchev–Trinajstić information content (AvgIpc) is 1.62. The molecule has 0 fully saturated rings. The van der Waals surface area contributed by atoms with Gasteiger partial charge in [-0.15, -0.1) is 0 Å². The molecular weight excluding hydrogens is 233 g/mol. The molecule has 1 unspecified atom stereocenters. The number of rotatable bonds is 3. The standard InChI is InChI=1S/C4H9O4S.Y/c1-3-4(2)8-9(5,6)7;/h4H,2-3H2,1H3,(H,5,6,7);/q-1;. The minimum atomic E-state index is -4.30. The quantitative estimate of drug-likeness (QED) is 0.575. The minimum Gasteiger partial charge on any atom is -0.313 e. The van der Waals surface area contributed by atoms with E-state index in [9.17, 15) is 8.42 Å². The number of hydrogen-bond donors (Lipinski definition) is 1. The van der Waals surface area contributed by atoms with Crippen LogP contribution in [0.4, 0.5) is 0 Å². The molecule has 1 atom stereocenters. The van der Waals surface area contributed by atoms with Crippen molar-refractivity contribution < 1.29 is 49.9 Å². The average molecular weight is 242 g/mol. The first-order valence-corrected chi connectivity index (χ1v) is 3.81. The Morgan fingerprint density at radius 2 is 2.10 bits per heavy atom. The van der Waals surface area contributed by atoms with E-state index in [1.807, 2.05) is 0 Å². The Morgan fingerprint density at radius 1 is 1.70 bits per heavy atom. The molecular formula is C4H9O4SY-. The van der Waals surface area contributed by atoms with Crippen LogP contribution in [0.25, 0.3) is 0 Å². The number of hydrogen-bond acceptors (Lipinski definition) is 3. The summed E-state index contributed by atoms with van der Waals surface area (Å²) in [6, 6.07) is 0. The van der Waals surface area contributed by atoms with Crippen molar-refractivity contribution in [3.05, 3.63) is 6.92 Å². The molecule has 0 aromatic heterocycles. The van der Waals surface area contributed by atoms with Gasteiger partial charge < -0.3 is 6.92 Å². The molecule has 0 amide bonds. The van der Waals surface area contributed by atoms with Crippen LogP contribution in [-0.4, -0.2) is 19.1 Å². The third-order valence-electron chi connectivity index (χ3n) is 0.713. The van der Waals surface area contributed by atoms with Crippen molar-refractivity contribution >= 4 is 10.4 Å². The van der Waals surface area contributed by atoms with Gasteiger partial charge in [-0.3, -0.25) is 8.74 Å². The van der Waals surface area contributed by atoms with Crippen LogP contribution in [0.15, 0.2) is 0 Å². The van der Waals surface area contributed by atoms with Crippen LogP contribution >= 0.6 is 0 Å². The van der Waals surface area contributed by atoms with Crippen molar-refractivity contribution in [1.82, 2.24) is 0 Å². The topological polar surface area (TPSA) is 63.6 Å². The van der Waals surface area contributed by atoms with Gasteiger partial charge in [0.2, 0.25) is 0 Å². The van der Waals surface area contributed by atoms with E-state index in [2.05, 4.69) is 11.1 Å². The maximum Gasteiger partial charge on any atom is 0.395 e. The smallest absolute Gasteiger partial charge is 0.313 e. The fourth-order valence-electron chi connectivity index (χ4n) is 0.240. The summed E-state index contributed by atoms with van der Waals surface area (Å²) in [6.45, 7) is 4.98. The zero-order chi connectivity index (χ0) is 7.49. The van der Waals surface area contributed by atoms with E-state index in [1.54, 1.807) is 6.92 Å². The van der Waals surface area contributed by atoms with E-state index in [1.165, 1.54) is 0 Å². The molecule has 0 aliphatic heterocycles. The third-order valence-corrected chi connectivity index (χ3v) is 1.23. The summed E-state index contributed by atoms with van der Waals surface area (Å²) in [6.07, 6.45) is -0.250. The first kappa shape index (κ1) is 13.6. The van der Waals surface area contributed by atoms with E-state index in [4.69, 9.17) is 4.55 Å². The molecule has 0 aliphatic rings. The molecule has 10 heavy (non-hydrogen) atoms. The fourth-order valence-corrected chi connectivity index (χ4v) is 0.720. The van der Waals surface area contributed by atoms with Crippen molar-refractivity contribution in [3.63, 3.8) is 0 Å². The fraction of sp³-hybridized carbons (Fsp3) is 0.750. The van der Waals surface area contributed by atoms with E-state index >= 15 is 0 Å². The maximum atomic E-state index is 9.89. The molecule has 0 aliphatic carbocycles. The molecule has 6 heteroatoms. The molecule has 0 spiro atoms. The maximum absolute atomic E-state index is 9.89. The normalized spacial score (nSPS) is 13.9. The monoisotopic (exact) mass is 242 g/mol. The van der Waals surface area contributed by atoms with Crippen LogP contribution in [0.3, 0.4) is 0 Å². The van der Waals surface area contributed by atoms with Crippen LogP contribution in [0.2, 0.25) is 0 Å². The van der Waals surface area contributed by atoms with Gasteiger partial charge in [0.25, 0.3) is 0 Å². The summed E-state index contributed by atoms with van der Waals surface area (Å²) in [5, 5.41) is 0. The summed E-state index contributed by atoms with van der Waals surface area (Å²) in [4.78, 5) is 0. The largest absolute Gasteiger partial charge is 0.395 e. The van der Waals surface area contributed by atoms with Gasteiger partial charge in [0.15, 0.2) is 0 Å². The van der Waals surface area contributed by atoms with Crippen molar-refractivity contribution in [2.24, 2.45) is 0 Å².